The van der Waals surface area contributed by atoms with E-state index in [1.165, 1.54) is 25.1 Å². The number of rotatable bonds is 2. The van der Waals surface area contributed by atoms with Gasteiger partial charge in [0.25, 0.3) is 0 Å². The van der Waals surface area contributed by atoms with Crippen LogP contribution in [0.2, 0.25) is 0 Å². The van der Waals surface area contributed by atoms with Gasteiger partial charge in [-0.2, -0.15) is 17.6 Å². The molecule has 0 saturated heterocycles. The molecule has 0 bridgehead atoms. The first kappa shape index (κ1) is 11.0. The van der Waals surface area contributed by atoms with Crippen molar-refractivity contribution in [3.05, 3.63) is 35.4 Å². The van der Waals surface area contributed by atoms with E-state index in [2.05, 4.69) is 0 Å². The molecule has 0 nitrogen and oxygen atoms in total. The van der Waals surface area contributed by atoms with E-state index in [0.717, 1.165) is 6.07 Å². The van der Waals surface area contributed by atoms with Crippen LogP contribution in [0.5, 0.6) is 0 Å². The molecule has 0 spiro atoms. The van der Waals surface area contributed by atoms with Gasteiger partial charge in [0.05, 0.1) is 0 Å². The summed E-state index contributed by atoms with van der Waals surface area (Å²) >= 11 is 0. The molecule has 0 aliphatic rings. The maximum atomic E-state index is 13.2. The van der Waals surface area contributed by atoms with E-state index >= 15 is 0 Å². The highest BCUT2D eigenvalue weighted by atomic mass is 19.3. The average molecular weight is 206 g/mol. The summed E-state index contributed by atoms with van der Waals surface area (Å²) in [6.45, 7) is 1.61. The summed E-state index contributed by atoms with van der Waals surface area (Å²) in [5, 5.41) is 0. The maximum Gasteiger partial charge on any atom is 0.335 e. The highest BCUT2D eigenvalue weighted by Crippen LogP contribution is 2.43. The van der Waals surface area contributed by atoms with Crippen molar-refractivity contribution in [2.45, 2.75) is 25.7 Å². The van der Waals surface area contributed by atoms with Crippen molar-refractivity contribution >= 4 is 0 Å². The van der Waals surface area contributed by atoms with Crippen LogP contribution in [0.4, 0.5) is 17.6 Å². The molecule has 0 atom stereocenters. The SMILES string of the molecule is Cc1ccccc1C(F)(F)C(C)(F)F. The standard InChI is InChI=1S/C10H10F4/c1-7-5-3-4-6-8(7)10(13,14)9(2,11)12/h3-6H,1-2H3. The van der Waals surface area contributed by atoms with Crippen molar-refractivity contribution in [1.82, 2.24) is 0 Å². The Labute approximate surface area is 79.6 Å². The summed E-state index contributed by atoms with van der Waals surface area (Å²) in [5.74, 6) is -8.16. The van der Waals surface area contributed by atoms with E-state index in [4.69, 9.17) is 0 Å². The Bertz CT molecular complexity index is 325. The van der Waals surface area contributed by atoms with Gasteiger partial charge in [-0.15, -0.1) is 0 Å². The first-order valence-corrected chi connectivity index (χ1v) is 4.08. The quantitative estimate of drug-likeness (QED) is 0.646. The van der Waals surface area contributed by atoms with Crippen LogP contribution in [0.3, 0.4) is 0 Å². The van der Waals surface area contributed by atoms with Gasteiger partial charge in [-0.05, 0) is 12.5 Å². The van der Waals surface area contributed by atoms with Gasteiger partial charge in [-0.25, -0.2) is 0 Å². The first-order valence-electron chi connectivity index (χ1n) is 4.08. The summed E-state index contributed by atoms with van der Waals surface area (Å²) in [6, 6.07) is 5.26. The molecule has 0 N–H and O–H groups in total. The lowest BCUT2D eigenvalue weighted by Crippen LogP contribution is -2.35. The molecule has 0 aliphatic heterocycles. The van der Waals surface area contributed by atoms with Gasteiger partial charge < -0.3 is 0 Å². The molecule has 4 heteroatoms. The molecule has 0 amide bonds. The lowest BCUT2D eigenvalue weighted by molar-refractivity contribution is -0.205. The zero-order chi connectivity index (χ0) is 11.0. The zero-order valence-electron chi connectivity index (χ0n) is 7.82. The minimum absolute atomic E-state index is 0.166. The molecular formula is C10H10F4. The lowest BCUT2D eigenvalue weighted by atomic mass is 9.99. The van der Waals surface area contributed by atoms with Gasteiger partial charge in [-0.3, -0.25) is 0 Å². The molecule has 0 aromatic heterocycles. The van der Waals surface area contributed by atoms with Gasteiger partial charge in [-0.1, -0.05) is 24.3 Å². The third-order valence-corrected chi connectivity index (χ3v) is 2.03. The summed E-state index contributed by atoms with van der Waals surface area (Å²) < 4.78 is 51.6. The van der Waals surface area contributed by atoms with Crippen LogP contribution in [-0.4, -0.2) is 5.92 Å². The zero-order valence-corrected chi connectivity index (χ0v) is 7.82. The number of aryl methyl sites for hydroxylation is 1. The van der Waals surface area contributed by atoms with Crippen LogP contribution >= 0.6 is 0 Å². The van der Waals surface area contributed by atoms with Crippen LogP contribution in [0.1, 0.15) is 18.1 Å². The number of benzene rings is 1. The molecule has 78 valence electrons. The molecule has 0 aliphatic carbocycles. The van der Waals surface area contributed by atoms with Crippen LogP contribution in [0.25, 0.3) is 0 Å². The fourth-order valence-electron chi connectivity index (χ4n) is 1.16. The second kappa shape index (κ2) is 3.26. The average Bonchev–Trinajstić information content (AvgIpc) is 2.02. The number of alkyl halides is 4. The van der Waals surface area contributed by atoms with Crippen molar-refractivity contribution in [1.29, 1.82) is 0 Å². The Kier molecular flexibility index (Phi) is 2.56. The van der Waals surface area contributed by atoms with Crippen molar-refractivity contribution in [3.63, 3.8) is 0 Å². The van der Waals surface area contributed by atoms with Gasteiger partial charge >= 0.3 is 11.8 Å². The molecule has 1 aromatic rings. The third kappa shape index (κ3) is 1.74. The van der Waals surface area contributed by atoms with Gasteiger partial charge in [0.1, 0.15) is 0 Å². The van der Waals surface area contributed by atoms with Gasteiger partial charge in [0.15, 0.2) is 0 Å². The molecular weight excluding hydrogens is 196 g/mol. The van der Waals surface area contributed by atoms with E-state index in [1.54, 1.807) is 0 Å². The Morgan fingerprint density at radius 2 is 1.50 bits per heavy atom. The molecule has 0 heterocycles. The Morgan fingerprint density at radius 1 is 1.00 bits per heavy atom. The van der Waals surface area contributed by atoms with Crippen molar-refractivity contribution < 1.29 is 17.6 Å². The predicted molar refractivity (Wildman–Crippen MR) is 45.7 cm³/mol. The van der Waals surface area contributed by atoms with Crippen LogP contribution in [0, 0.1) is 6.92 Å². The number of hydrogen-bond donors (Lipinski definition) is 0. The third-order valence-electron chi connectivity index (χ3n) is 2.03. The normalized spacial score (nSPS) is 13.0. The van der Waals surface area contributed by atoms with E-state index in [9.17, 15) is 17.6 Å². The second-order valence-corrected chi connectivity index (χ2v) is 3.28. The van der Waals surface area contributed by atoms with Crippen LogP contribution in [-0.2, 0) is 5.92 Å². The number of halogens is 4. The highest BCUT2D eigenvalue weighted by molar-refractivity contribution is 5.31. The summed E-state index contributed by atoms with van der Waals surface area (Å²) in [5.41, 5.74) is -0.452. The summed E-state index contributed by atoms with van der Waals surface area (Å²) in [4.78, 5) is 0. The fraction of sp³-hybridized carbons (Fsp3) is 0.400. The Balaban J connectivity index is 3.23. The molecule has 14 heavy (non-hydrogen) atoms. The minimum atomic E-state index is -4.11. The summed E-state index contributed by atoms with van der Waals surface area (Å²) in [6.07, 6.45) is 0. The fourth-order valence-corrected chi connectivity index (χ4v) is 1.16. The van der Waals surface area contributed by atoms with Crippen molar-refractivity contribution in [3.8, 4) is 0 Å². The van der Waals surface area contributed by atoms with Crippen LogP contribution in [0.15, 0.2) is 24.3 Å². The topological polar surface area (TPSA) is 0 Å². The second-order valence-electron chi connectivity index (χ2n) is 3.28. The smallest absolute Gasteiger partial charge is 0.200 e. The first-order chi connectivity index (χ1) is 6.27. The summed E-state index contributed by atoms with van der Waals surface area (Å²) in [7, 11) is 0. The molecule has 1 aromatic carbocycles. The monoisotopic (exact) mass is 206 g/mol. The van der Waals surface area contributed by atoms with Crippen LogP contribution < -0.4 is 0 Å². The molecule has 0 radical (unpaired) electrons. The van der Waals surface area contributed by atoms with E-state index in [0.29, 0.717) is 0 Å². The van der Waals surface area contributed by atoms with Crippen molar-refractivity contribution in [2.24, 2.45) is 0 Å². The molecule has 0 saturated carbocycles. The van der Waals surface area contributed by atoms with E-state index in [-0.39, 0.29) is 12.5 Å². The predicted octanol–water partition coefficient (Wildman–Crippen LogP) is 3.74. The van der Waals surface area contributed by atoms with E-state index < -0.39 is 17.4 Å². The molecule has 0 unspecified atom stereocenters. The maximum absolute atomic E-state index is 13.2. The lowest BCUT2D eigenvalue weighted by Gasteiger charge is -2.24. The largest absolute Gasteiger partial charge is 0.335 e. The Hall–Kier alpha value is -1.06. The molecule has 1 rings (SSSR count). The van der Waals surface area contributed by atoms with Crippen molar-refractivity contribution in [2.75, 3.05) is 0 Å². The van der Waals surface area contributed by atoms with E-state index in [1.807, 2.05) is 0 Å². The highest BCUT2D eigenvalue weighted by Gasteiger charge is 2.53. The Morgan fingerprint density at radius 3 is 1.93 bits per heavy atom. The van der Waals surface area contributed by atoms with Gasteiger partial charge in [0, 0.05) is 12.5 Å². The molecule has 0 fully saturated rings. The minimum Gasteiger partial charge on any atom is -0.200 e. The number of hydrogen-bond acceptors (Lipinski definition) is 0. The van der Waals surface area contributed by atoms with Gasteiger partial charge in [0.2, 0.25) is 0 Å².